The van der Waals surface area contributed by atoms with Crippen LogP contribution >= 0.6 is 0 Å². The first-order chi connectivity index (χ1) is 37.9. The van der Waals surface area contributed by atoms with Crippen LogP contribution in [0.2, 0.25) is 0 Å². The van der Waals surface area contributed by atoms with Crippen LogP contribution in [-0.4, -0.2) is 39.9 Å². The third kappa shape index (κ3) is 9.30. The van der Waals surface area contributed by atoms with Gasteiger partial charge < -0.3 is 19.9 Å². The Morgan fingerprint density at radius 2 is 0.474 bits per heavy atom. The van der Waals surface area contributed by atoms with Crippen LogP contribution in [0.3, 0.4) is 0 Å². The molecule has 0 aliphatic carbocycles. The summed E-state index contributed by atoms with van der Waals surface area (Å²) < 4.78 is 0. The Labute approximate surface area is 462 Å². The van der Waals surface area contributed by atoms with Gasteiger partial charge in [0.05, 0.1) is 45.6 Å². The Morgan fingerprint density at radius 1 is 0.269 bits per heavy atom. The summed E-state index contributed by atoms with van der Waals surface area (Å²) in [5.41, 5.74) is 37.5. The van der Waals surface area contributed by atoms with E-state index >= 15 is 0 Å². The van der Waals surface area contributed by atoms with Crippen LogP contribution in [0.4, 0.5) is 0 Å². The highest BCUT2D eigenvalue weighted by molar-refractivity contribution is 6.00. The Balaban J connectivity index is 1.24. The third-order valence-electron chi connectivity index (χ3n) is 17.8. The Kier molecular flexibility index (Phi) is 14.9. The van der Waals surface area contributed by atoms with Gasteiger partial charge in [0.25, 0.3) is 0 Å². The molecule has 402 valence electrons. The Morgan fingerprint density at radius 3 is 0.679 bits per heavy atom. The average molecular weight is 1040 g/mol. The molecule has 4 N–H and O–H groups in total. The average Bonchev–Trinajstić information content (AvgIpc) is 4.42. The Hall–Kier alpha value is -7.06. The summed E-state index contributed by atoms with van der Waals surface area (Å²) in [5, 5.41) is 0. The maximum atomic E-state index is 5.68. The zero-order valence-corrected chi connectivity index (χ0v) is 48.9. The second-order valence-corrected chi connectivity index (χ2v) is 22.6. The Bertz CT molecular complexity index is 3450. The van der Waals surface area contributed by atoms with Gasteiger partial charge in [0.15, 0.2) is 0 Å². The van der Waals surface area contributed by atoms with Gasteiger partial charge in [-0.25, -0.2) is 19.9 Å². The number of benzene rings is 1. The first kappa shape index (κ1) is 53.0. The van der Waals surface area contributed by atoms with Gasteiger partial charge in [-0.1, -0.05) is 81.1 Å². The highest BCUT2D eigenvalue weighted by atomic mass is 14.8. The van der Waals surface area contributed by atoms with Gasteiger partial charge in [-0.15, -0.1) is 0 Å². The minimum Gasteiger partial charge on any atom is -0.355 e. The molecule has 8 heteroatoms. The number of allylic oxidation sites excluding steroid dienone is 4. The molecule has 0 atom stereocenters. The first-order valence-electron chi connectivity index (χ1n) is 30.0. The van der Waals surface area contributed by atoms with Gasteiger partial charge in [0, 0.05) is 66.4 Å². The van der Waals surface area contributed by atoms with Gasteiger partial charge >= 0.3 is 0 Å². The van der Waals surface area contributed by atoms with E-state index in [1.807, 2.05) is 0 Å². The van der Waals surface area contributed by atoms with E-state index in [-0.39, 0.29) is 0 Å². The second kappa shape index (κ2) is 22.0. The van der Waals surface area contributed by atoms with E-state index in [0.29, 0.717) is 0 Å². The van der Waals surface area contributed by atoms with Crippen molar-refractivity contribution in [1.29, 1.82) is 0 Å². The van der Waals surface area contributed by atoms with E-state index in [0.717, 1.165) is 215 Å². The molecule has 10 heterocycles. The standard InChI is InChI=1S/C70H82N8/c1-13-21-25-47-39(9)55-31-67-51-29-53-54(30-52(51)68(77-67)32-56-40(10)48(26-22-14-2)64(72-56)36-60-44(18-6)43(17-5)59(75-60)35-63(47)71-55)70-34-58-42(12)50(28-24-16-4)66(74-58)38-62-46(20-8)45(19-7)61(76-62)37-65-49(27-23-15-3)41(11)57(73-65)33-69(53)78-70/h29-38,71-74H,13-28H2,1-12H3. The van der Waals surface area contributed by atoms with Crippen molar-refractivity contribution in [1.82, 2.24) is 39.9 Å². The lowest BCUT2D eigenvalue weighted by Gasteiger charge is -2.06. The monoisotopic (exact) mass is 1030 g/mol. The van der Waals surface area contributed by atoms with Crippen LogP contribution in [0.25, 0.3) is 111 Å². The minimum atomic E-state index is 0.931. The number of H-pyrrole nitrogens is 4. The lowest BCUT2D eigenvalue weighted by atomic mass is 9.94. The second-order valence-electron chi connectivity index (χ2n) is 22.6. The summed E-state index contributed by atoms with van der Waals surface area (Å²) in [6.07, 6.45) is 16.7. The van der Waals surface area contributed by atoms with E-state index in [1.54, 1.807) is 0 Å². The fourth-order valence-electron chi connectivity index (χ4n) is 13.2. The van der Waals surface area contributed by atoms with E-state index in [2.05, 4.69) is 164 Å². The maximum Gasteiger partial charge on any atom is 0.0737 e. The predicted octanol–water partition coefficient (Wildman–Crippen LogP) is 19.7. The summed E-state index contributed by atoms with van der Waals surface area (Å²) in [4.78, 5) is 38.2. The molecule has 78 heavy (non-hydrogen) atoms. The van der Waals surface area contributed by atoms with Gasteiger partial charge in [0.1, 0.15) is 0 Å². The van der Waals surface area contributed by atoms with Gasteiger partial charge in [-0.2, -0.15) is 0 Å². The smallest absolute Gasteiger partial charge is 0.0737 e. The molecule has 0 spiro atoms. The summed E-state index contributed by atoms with van der Waals surface area (Å²) in [7, 11) is 0. The number of nitrogens with zero attached hydrogens (tertiary/aromatic N) is 4. The number of rotatable bonds is 16. The van der Waals surface area contributed by atoms with Crippen molar-refractivity contribution in [3.8, 4) is 45.0 Å². The molecule has 0 saturated carbocycles. The van der Waals surface area contributed by atoms with Gasteiger partial charge in [-0.3, -0.25) is 0 Å². The molecule has 0 unspecified atom stereocenters. The zero-order chi connectivity index (χ0) is 54.5. The minimum absolute atomic E-state index is 0.931. The van der Waals surface area contributed by atoms with Crippen LogP contribution in [0.1, 0.15) is 200 Å². The van der Waals surface area contributed by atoms with Crippen molar-refractivity contribution in [2.24, 2.45) is 0 Å². The number of aromatic nitrogens is 8. The molecule has 4 aliphatic heterocycles. The number of hydrogen-bond donors (Lipinski definition) is 4. The SMILES string of the molecule is CCCCc1c(C)c2cc3nc(cc4[nH]c(cc5nc(cc1[nH]2)C(CC)=C5CC)c(CCCC)c4C)-c1cc2c(cc1-3)-c1cc3[nH]c(cc4nc(cc5[nH]c(cc-2n1)c(C)c5CCCC)C(CC)=C4CC)c(CCCC)c3C. The van der Waals surface area contributed by atoms with Crippen molar-refractivity contribution in [2.75, 3.05) is 0 Å². The lowest BCUT2D eigenvalue weighted by Crippen LogP contribution is -1.87. The number of aryl methyl sites for hydroxylation is 8. The van der Waals surface area contributed by atoms with Gasteiger partial charge in [-0.05, 0) is 232 Å². The number of aromatic amines is 4. The number of hydrogen-bond acceptors (Lipinski definition) is 4. The van der Waals surface area contributed by atoms with Gasteiger partial charge in [0.2, 0.25) is 0 Å². The van der Waals surface area contributed by atoms with Crippen LogP contribution in [0, 0.1) is 27.7 Å². The topological polar surface area (TPSA) is 115 Å². The molecule has 7 aromatic rings. The summed E-state index contributed by atoms with van der Waals surface area (Å²) in [6.45, 7) is 27.4. The van der Waals surface area contributed by atoms with E-state index in [9.17, 15) is 0 Å². The lowest BCUT2D eigenvalue weighted by molar-refractivity contribution is 0.796. The fourth-order valence-corrected chi connectivity index (χ4v) is 13.2. The summed E-state index contributed by atoms with van der Waals surface area (Å²) >= 11 is 0. The van der Waals surface area contributed by atoms with Crippen LogP contribution in [-0.2, 0) is 25.7 Å². The summed E-state index contributed by atoms with van der Waals surface area (Å²) in [6, 6.07) is 23.4. The quantitative estimate of drug-likeness (QED) is 0.0772. The van der Waals surface area contributed by atoms with Crippen molar-refractivity contribution in [2.45, 2.75) is 186 Å². The fraction of sp³-hybridized carbons (Fsp3) is 0.400. The normalized spacial score (nSPS) is 13.1. The largest absolute Gasteiger partial charge is 0.355 e. The van der Waals surface area contributed by atoms with Crippen LogP contribution < -0.4 is 0 Å². The highest BCUT2D eigenvalue weighted by Crippen LogP contribution is 2.47. The van der Waals surface area contributed by atoms with E-state index in [4.69, 9.17) is 19.9 Å². The number of nitrogens with one attached hydrogen (secondary N) is 4. The first-order valence-corrected chi connectivity index (χ1v) is 30.0. The van der Waals surface area contributed by atoms with Crippen molar-refractivity contribution in [3.63, 3.8) is 0 Å². The molecule has 6 aromatic heterocycles. The molecule has 8 nitrogen and oxygen atoms in total. The molecule has 4 aliphatic rings. The highest BCUT2D eigenvalue weighted by Gasteiger charge is 2.27. The molecule has 0 saturated heterocycles. The molecule has 1 aromatic carbocycles. The van der Waals surface area contributed by atoms with Crippen molar-refractivity contribution < 1.29 is 0 Å². The van der Waals surface area contributed by atoms with Crippen molar-refractivity contribution in [3.05, 3.63) is 128 Å². The van der Waals surface area contributed by atoms with E-state index in [1.165, 1.54) is 66.8 Å². The molecule has 16 bridgehead atoms. The van der Waals surface area contributed by atoms with Crippen molar-refractivity contribution >= 4 is 66.4 Å². The van der Waals surface area contributed by atoms with Crippen LogP contribution in [0.15, 0.2) is 60.7 Å². The number of unbranched alkanes of at least 4 members (excludes halogenated alkanes) is 4. The molecule has 0 amide bonds. The molecule has 0 fully saturated rings. The zero-order valence-electron chi connectivity index (χ0n) is 48.9. The molecule has 11 rings (SSSR count). The summed E-state index contributed by atoms with van der Waals surface area (Å²) in [5.74, 6) is 0. The third-order valence-corrected chi connectivity index (χ3v) is 17.8. The molecule has 0 radical (unpaired) electrons. The maximum absolute atomic E-state index is 5.68. The van der Waals surface area contributed by atoms with E-state index < -0.39 is 0 Å². The molecular weight excluding hydrogens is 953 g/mol. The predicted molar refractivity (Wildman–Crippen MR) is 333 cm³/mol. The number of fused-ring (bicyclic) bond motifs is 22. The van der Waals surface area contributed by atoms with Crippen LogP contribution in [0.5, 0.6) is 0 Å². The molecular formula is C70H82N8.